The van der Waals surface area contributed by atoms with Crippen molar-refractivity contribution in [2.24, 2.45) is 28.7 Å². The van der Waals surface area contributed by atoms with E-state index in [1.807, 2.05) is 122 Å². The van der Waals surface area contributed by atoms with Crippen molar-refractivity contribution in [1.29, 1.82) is 0 Å². The molecule has 16 amide bonds. The number of rotatable bonds is 4. The molecule has 7 aromatic carbocycles. The lowest BCUT2D eigenvalue weighted by atomic mass is 9.66. The molecule has 36 heteroatoms. The van der Waals surface area contributed by atoms with Crippen LogP contribution in [-0.2, 0) is 96.2 Å². The molecule has 8 aromatic rings. The van der Waals surface area contributed by atoms with Crippen molar-refractivity contribution in [3.63, 3.8) is 0 Å². The Hall–Kier alpha value is -13.2. The molecule has 8 N–H and O–H groups in total. The van der Waals surface area contributed by atoms with E-state index in [4.69, 9.17) is 18.9 Å². The minimum Gasteiger partial charge on any atom is -0.372 e. The number of morpholine rings is 4. The van der Waals surface area contributed by atoms with Gasteiger partial charge >= 0.3 is 30.3 Å². The molecular formula is C91H88F6N14O16. The highest BCUT2D eigenvalue weighted by atomic mass is 19.4. The van der Waals surface area contributed by atoms with E-state index >= 15 is 0 Å². The Morgan fingerprint density at radius 2 is 0.654 bits per heavy atom. The molecule has 12 atom stereocenters. The van der Waals surface area contributed by atoms with Crippen molar-refractivity contribution >= 4 is 94.1 Å². The number of halogens is 6. The number of imide groups is 8. The second-order valence-electron chi connectivity index (χ2n) is 34.5. The van der Waals surface area contributed by atoms with E-state index in [0.717, 1.165) is 63.3 Å². The van der Waals surface area contributed by atoms with Crippen LogP contribution >= 0.6 is 0 Å². The Bertz CT molecular complexity index is 5910. The predicted octanol–water partition coefficient (Wildman–Crippen LogP) is 9.15. The van der Waals surface area contributed by atoms with Gasteiger partial charge in [-0.1, -0.05) is 54.6 Å². The summed E-state index contributed by atoms with van der Waals surface area (Å²) in [6, 6.07) is 31.3. The van der Waals surface area contributed by atoms with Gasteiger partial charge in [0.15, 0.2) is 21.7 Å². The maximum atomic E-state index is 14.4. The molecule has 127 heavy (non-hydrogen) atoms. The van der Waals surface area contributed by atoms with Crippen LogP contribution in [0.3, 0.4) is 0 Å². The zero-order valence-corrected chi connectivity index (χ0v) is 70.0. The Labute approximate surface area is 722 Å². The molecule has 0 bridgehead atoms. The summed E-state index contributed by atoms with van der Waals surface area (Å²) in [5, 5.41) is 18.1. The van der Waals surface area contributed by atoms with E-state index < -0.39 is 159 Å². The quantitative estimate of drug-likeness (QED) is 0.0601. The van der Waals surface area contributed by atoms with Crippen LogP contribution in [-0.4, -0.2) is 180 Å². The van der Waals surface area contributed by atoms with E-state index in [0.29, 0.717) is 65.1 Å². The van der Waals surface area contributed by atoms with Gasteiger partial charge in [-0.05, 0) is 204 Å². The number of carbonyl (C=O) groups is 12. The maximum absolute atomic E-state index is 14.4. The number of hydrogen-bond acceptors (Lipinski definition) is 21. The van der Waals surface area contributed by atoms with Gasteiger partial charge in [0.1, 0.15) is 17.5 Å². The first kappa shape index (κ1) is 86.0. The number of amides is 16. The second kappa shape index (κ2) is 32.0. The van der Waals surface area contributed by atoms with Crippen LogP contribution in [0.4, 0.5) is 68.3 Å². The third-order valence-electron chi connectivity index (χ3n) is 26.3. The molecule has 8 fully saturated rings. The zero-order valence-electron chi connectivity index (χ0n) is 70.0. The zero-order chi connectivity index (χ0) is 90.3. The summed E-state index contributed by atoms with van der Waals surface area (Å²) < 4.78 is 107. The molecule has 1 aromatic heterocycles. The van der Waals surface area contributed by atoms with Crippen LogP contribution in [0.1, 0.15) is 83.2 Å². The van der Waals surface area contributed by atoms with Crippen molar-refractivity contribution in [1.82, 2.24) is 52.1 Å². The summed E-state index contributed by atoms with van der Waals surface area (Å²) in [6.45, 7) is 16.9. The average Bonchev–Trinajstić information content (AvgIpc) is 1.18. The summed E-state index contributed by atoms with van der Waals surface area (Å²) in [5.74, 6) is -6.90. The Balaban J connectivity index is 0.000000119. The molecule has 4 spiro atoms. The van der Waals surface area contributed by atoms with E-state index in [-0.39, 0.29) is 67.6 Å². The van der Waals surface area contributed by atoms with Gasteiger partial charge in [0.05, 0.1) is 96.8 Å². The maximum Gasteiger partial charge on any atom is 0.416 e. The number of anilines is 4. The van der Waals surface area contributed by atoms with Gasteiger partial charge in [-0.2, -0.15) is 13.2 Å². The van der Waals surface area contributed by atoms with Crippen molar-refractivity contribution < 1.29 is 103 Å². The molecule has 0 radical (unpaired) electrons. The highest BCUT2D eigenvalue weighted by Crippen LogP contribution is 2.54. The summed E-state index contributed by atoms with van der Waals surface area (Å²) in [7, 11) is 1.91. The SMILES string of the molecule is C[C@@H]1CN2c3ccc(-c4ccc(C(F)(F)F)cc4)cc3CC3(C(=O)NC(=O)NC3=O)[C@H]2[C@H](C)O1.C[C@@H]1CN2c3ccc(-c4ccc(F)cc4F)cc3CC3(C(=O)NC(=O)NC3=O)[C@H]2[C@H](C)O1.C[C@@H]1CN2c3ccc(-c4ccccc4F)cc3CC3(C(=O)NC(=O)NC3=O)[C@H]2[C@H](C)O1.C[C@@H]1CN2c3ccc(-c4cncn4C)cc3CC3(C(=O)NC(=O)NC3=O)[C@H]2[C@H](C)O1. The van der Waals surface area contributed by atoms with E-state index in [1.54, 1.807) is 62.8 Å². The number of imidazole rings is 1. The summed E-state index contributed by atoms with van der Waals surface area (Å²) in [4.78, 5) is 165. The largest absolute Gasteiger partial charge is 0.416 e. The number of aromatic nitrogens is 2. The first-order chi connectivity index (χ1) is 60.3. The van der Waals surface area contributed by atoms with Gasteiger partial charge in [-0.15, -0.1) is 0 Å². The van der Waals surface area contributed by atoms with Crippen molar-refractivity contribution in [2.75, 3.05) is 45.8 Å². The molecule has 12 aliphatic rings. The smallest absolute Gasteiger partial charge is 0.372 e. The van der Waals surface area contributed by atoms with Crippen molar-refractivity contribution in [2.45, 2.75) is 160 Å². The van der Waals surface area contributed by atoms with Crippen LogP contribution in [0.15, 0.2) is 152 Å². The van der Waals surface area contributed by atoms with Crippen molar-refractivity contribution in [3.8, 4) is 44.6 Å². The molecule has 20 rings (SSSR count). The van der Waals surface area contributed by atoms with Gasteiger partial charge in [0.2, 0.25) is 47.3 Å². The van der Waals surface area contributed by atoms with Crippen LogP contribution in [0.2, 0.25) is 0 Å². The summed E-state index contributed by atoms with van der Waals surface area (Å²) in [5.41, 5.74) is 4.47. The van der Waals surface area contributed by atoms with Gasteiger partial charge in [0.25, 0.3) is 0 Å². The van der Waals surface area contributed by atoms with E-state index in [9.17, 15) is 83.9 Å². The number of nitrogens with zero attached hydrogens (tertiary/aromatic N) is 6. The lowest BCUT2D eigenvalue weighted by Crippen LogP contribution is -2.75. The van der Waals surface area contributed by atoms with Gasteiger partial charge < -0.3 is 43.1 Å². The highest BCUT2D eigenvalue weighted by molar-refractivity contribution is 6.23. The second-order valence-corrected chi connectivity index (χ2v) is 34.5. The Kier molecular flexibility index (Phi) is 21.7. The minimum absolute atomic E-state index is 0.00712. The average molecular weight is 1750 g/mol. The van der Waals surface area contributed by atoms with E-state index in [1.165, 1.54) is 30.3 Å². The topological polar surface area (TPSA) is 369 Å². The first-order valence-corrected chi connectivity index (χ1v) is 41.6. The molecule has 0 unspecified atom stereocenters. The minimum atomic E-state index is -4.43. The number of benzene rings is 7. The number of hydrogen-bond donors (Lipinski definition) is 8. The summed E-state index contributed by atoms with van der Waals surface area (Å²) in [6.07, 6.45) is -2.87. The number of urea groups is 4. The van der Waals surface area contributed by atoms with Crippen LogP contribution < -0.4 is 62.1 Å². The Morgan fingerprint density at radius 3 is 0.969 bits per heavy atom. The first-order valence-electron chi connectivity index (χ1n) is 41.6. The molecule has 13 heterocycles. The number of nitrogens with one attached hydrogen (secondary N) is 8. The van der Waals surface area contributed by atoms with Crippen LogP contribution in [0.5, 0.6) is 0 Å². The number of fused-ring (bicyclic) bond motifs is 16. The van der Waals surface area contributed by atoms with Gasteiger partial charge in [0, 0.05) is 78.7 Å². The normalized spacial score (nSPS) is 26.6. The molecule has 8 saturated heterocycles. The number of alkyl halides is 3. The number of ether oxygens (including phenoxy) is 4. The van der Waals surface area contributed by atoms with Crippen LogP contribution in [0.25, 0.3) is 44.6 Å². The number of barbiturate groups is 4. The molecule has 12 aliphatic heterocycles. The predicted molar refractivity (Wildman–Crippen MR) is 445 cm³/mol. The Morgan fingerprint density at radius 1 is 0.354 bits per heavy atom. The number of carbonyl (C=O) groups excluding carboxylic acids is 12. The van der Waals surface area contributed by atoms with Crippen molar-refractivity contribution in [3.05, 3.63) is 197 Å². The van der Waals surface area contributed by atoms with Crippen LogP contribution in [0, 0.1) is 39.1 Å². The van der Waals surface area contributed by atoms with Gasteiger partial charge in [-0.25, -0.2) is 37.3 Å². The number of aryl methyl sites for hydroxylation is 1. The lowest BCUT2D eigenvalue weighted by Gasteiger charge is -2.55. The fraction of sp³-hybridized carbons (Fsp3) is 0.374. The fourth-order valence-electron chi connectivity index (χ4n) is 21.4. The standard InChI is InChI=1S/C24H22F3N3O4.C23H21F2N3O4.C23H22FN3O4.C21H23N5O4/c1-12-11-30-18-8-5-15(14-3-6-17(7-4-14)24(25,26)27)9-16(18)10-23(19(30)13(2)34-12)20(31)28-22(33)29-21(23)32;1-11-10-28-18-6-3-13(16-5-4-15(24)8-17(16)25)7-14(18)9-23(19(28)12(2)32-11)20(29)26-22(31)27-21(23)30;1-12-11-27-18-8-7-14(16-5-3-4-6-17(16)24)9-15(18)10-23(19(27)13(2)31-12)20(28)25-22(30)26-21(23)29;1-11-9-26-15-5-4-13(16-8-22-10-25(16)3)6-14(15)7-21(17(26)12(2)30-11)18(27)23-20(29)24-19(21)28/h3-9,12-13,19H,10-11H2,1-2H3,(H2,28,29,31,32,33);3-8,11-12,19H,9-10H2,1-2H3,(H2,26,27,29,30,31);3-9,12-13,19H,10-11H2,1-2H3,(H2,25,26,28,29,30);4-6,8,10-12,17H,7,9H2,1-3H3,(H2,23,24,27,28,29)/t12-,13+,19-;11-,12+,19-;12-,13+,19-;11-,12+,17-/m1111/s1. The fourth-order valence-corrected chi connectivity index (χ4v) is 21.4. The van der Waals surface area contributed by atoms with E-state index in [2.05, 4.69) is 52.4 Å². The summed E-state index contributed by atoms with van der Waals surface area (Å²) >= 11 is 0. The third-order valence-corrected chi connectivity index (χ3v) is 26.3. The molecule has 0 aliphatic carbocycles. The lowest BCUT2D eigenvalue weighted by molar-refractivity contribution is -0.154. The monoisotopic (exact) mass is 1750 g/mol. The van der Waals surface area contributed by atoms with Gasteiger partial charge in [-0.3, -0.25) is 80.9 Å². The highest BCUT2D eigenvalue weighted by Gasteiger charge is 2.68. The third kappa shape index (κ3) is 14.5. The molecule has 30 nitrogen and oxygen atoms in total. The molecule has 660 valence electrons. The molecular weight excluding hydrogens is 1660 g/mol. The molecule has 0 saturated carbocycles.